The van der Waals surface area contributed by atoms with Gasteiger partial charge in [-0.2, -0.15) is 0 Å². The van der Waals surface area contributed by atoms with Crippen LogP contribution in [-0.4, -0.2) is 53.3 Å². The second-order valence-corrected chi connectivity index (χ2v) is 6.81. The number of halogens is 1. The maximum atomic E-state index is 9.10. The van der Waals surface area contributed by atoms with Crippen LogP contribution in [0.1, 0.15) is 31.2 Å². The zero-order valence-corrected chi connectivity index (χ0v) is 16.0. The number of benzene rings is 1. The number of carbonyl (C=O) groups is 2. The normalized spacial score (nSPS) is 14.9. The molecule has 0 unspecified atom stereocenters. The van der Waals surface area contributed by atoms with Crippen LogP contribution >= 0.6 is 22.6 Å². The first-order valence-electron chi connectivity index (χ1n) is 7.97. The molecule has 0 radical (unpaired) electrons. The number of hydrogen-bond donors (Lipinski definition) is 2. The van der Waals surface area contributed by atoms with Crippen molar-refractivity contribution < 1.29 is 24.5 Å². The van der Waals surface area contributed by atoms with Gasteiger partial charge in [-0.05, 0) is 73.1 Å². The van der Waals surface area contributed by atoms with Crippen molar-refractivity contribution >= 4 is 34.5 Å². The van der Waals surface area contributed by atoms with Gasteiger partial charge in [0.05, 0.1) is 3.57 Å². The predicted molar refractivity (Wildman–Crippen MR) is 99.6 cm³/mol. The molecule has 1 aromatic rings. The highest BCUT2D eigenvalue weighted by Gasteiger charge is 2.09. The van der Waals surface area contributed by atoms with Crippen molar-refractivity contribution in [3.05, 3.63) is 27.3 Å². The topological polar surface area (TPSA) is 87.1 Å². The van der Waals surface area contributed by atoms with E-state index in [-0.39, 0.29) is 0 Å². The quantitative estimate of drug-likeness (QED) is 0.543. The van der Waals surface area contributed by atoms with E-state index in [0.717, 1.165) is 18.9 Å². The molecule has 1 fully saturated rings. The van der Waals surface area contributed by atoms with Crippen LogP contribution in [0.5, 0.6) is 5.75 Å². The third kappa shape index (κ3) is 8.49. The smallest absolute Gasteiger partial charge is 0.414 e. The molecule has 1 aliphatic rings. The van der Waals surface area contributed by atoms with Gasteiger partial charge in [-0.1, -0.05) is 18.9 Å². The molecular weight excluding hydrogens is 425 g/mol. The number of ether oxygens (including phenoxy) is 1. The number of hydrogen-bond acceptors (Lipinski definition) is 4. The van der Waals surface area contributed by atoms with Crippen LogP contribution in [0.25, 0.3) is 0 Å². The Labute approximate surface area is 155 Å². The summed E-state index contributed by atoms with van der Waals surface area (Å²) >= 11 is 2.35. The summed E-state index contributed by atoms with van der Waals surface area (Å²) in [7, 11) is 0. The Morgan fingerprint density at radius 1 is 1.12 bits per heavy atom. The first-order chi connectivity index (χ1) is 11.4. The van der Waals surface area contributed by atoms with Gasteiger partial charge in [0.25, 0.3) is 0 Å². The Bertz CT molecular complexity index is 530. The third-order valence-electron chi connectivity index (χ3n) is 3.63. The van der Waals surface area contributed by atoms with Gasteiger partial charge in [0.2, 0.25) is 0 Å². The lowest BCUT2D eigenvalue weighted by molar-refractivity contribution is -0.159. The van der Waals surface area contributed by atoms with E-state index in [4.69, 9.17) is 24.5 Å². The monoisotopic (exact) mass is 449 g/mol. The zero-order chi connectivity index (χ0) is 17.9. The number of rotatable bonds is 4. The highest BCUT2D eigenvalue weighted by Crippen LogP contribution is 2.21. The molecule has 134 valence electrons. The minimum absolute atomic E-state index is 0.805. The van der Waals surface area contributed by atoms with E-state index >= 15 is 0 Å². The van der Waals surface area contributed by atoms with Gasteiger partial charge >= 0.3 is 11.9 Å². The van der Waals surface area contributed by atoms with Crippen molar-refractivity contribution in [2.24, 2.45) is 0 Å². The first-order valence-corrected chi connectivity index (χ1v) is 9.05. The minimum atomic E-state index is -1.82. The highest BCUT2D eigenvalue weighted by molar-refractivity contribution is 14.1. The third-order valence-corrected chi connectivity index (χ3v) is 4.48. The molecule has 1 heterocycles. The van der Waals surface area contributed by atoms with Gasteiger partial charge in [0, 0.05) is 6.54 Å². The second kappa shape index (κ2) is 11.2. The Balaban J connectivity index is 0.000000413. The van der Waals surface area contributed by atoms with Gasteiger partial charge in [0.15, 0.2) is 0 Å². The van der Waals surface area contributed by atoms with Crippen molar-refractivity contribution in [1.29, 1.82) is 0 Å². The number of aryl methyl sites for hydroxylation is 1. The van der Waals surface area contributed by atoms with Gasteiger partial charge in [-0.15, -0.1) is 0 Å². The van der Waals surface area contributed by atoms with Crippen LogP contribution in [0.4, 0.5) is 0 Å². The maximum Gasteiger partial charge on any atom is 0.414 e. The standard InChI is InChI=1S/C15H22INO.C2H2O4/c1-13-6-7-15(14(16)12-13)18-11-10-17-8-4-2-3-5-9-17;3-1(4)2(5)6/h6-7,12H,2-5,8-11H2,1H3;(H,3,4)(H,5,6). The van der Waals surface area contributed by atoms with Crippen LogP contribution in [0.15, 0.2) is 18.2 Å². The van der Waals surface area contributed by atoms with Crippen molar-refractivity contribution in [3.63, 3.8) is 0 Å². The molecule has 2 rings (SSSR count). The molecule has 2 N–H and O–H groups in total. The van der Waals surface area contributed by atoms with Crippen LogP contribution in [-0.2, 0) is 9.59 Å². The summed E-state index contributed by atoms with van der Waals surface area (Å²) in [5.41, 5.74) is 1.29. The van der Waals surface area contributed by atoms with Crippen LogP contribution < -0.4 is 4.74 Å². The summed E-state index contributed by atoms with van der Waals surface area (Å²) in [5.74, 6) is -2.62. The lowest BCUT2D eigenvalue weighted by Crippen LogP contribution is -2.29. The van der Waals surface area contributed by atoms with E-state index in [1.54, 1.807) is 0 Å². The molecule has 7 heteroatoms. The number of nitrogens with zero attached hydrogens (tertiary/aromatic N) is 1. The molecule has 0 amide bonds. The summed E-state index contributed by atoms with van der Waals surface area (Å²) in [6.45, 7) is 6.47. The molecule has 1 aliphatic heterocycles. The fourth-order valence-electron chi connectivity index (χ4n) is 2.37. The van der Waals surface area contributed by atoms with E-state index in [0.29, 0.717) is 0 Å². The summed E-state index contributed by atoms with van der Waals surface area (Å²) in [4.78, 5) is 20.7. The van der Waals surface area contributed by atoms with Crippen LogP contribution in [0.3, 0.4) is 0 Å². The summed E-state index contributed by atoms with van der Waals surface area (Å²) in [6, 6.07) is 6.37. The molecule has 1 saturated heterocycles. The van der Waals surface area contributed by atoms with E-state index < -0.39 is 11.9 Å². The maximum absolute atomic E-state index is 9.10. The summed E-state index contributed by atoms with van der Waals surface area (Å²) in [5, 5.41) is 14.8. The van der Waals surface area contributed by atoms with Crippen molar-refractivity contribution in [2.45, 2.75) is 32.6 Å². The Morgan fingerprint density at radius 3 is 2.21 bits per heavy atom. The largest absolute Gasteiger partial charge is 0.491 e. The molecule has 0 spiro atoms. The minimum Gasteiger partial charge on any atom is -0.491 e. The number of carboxylic acid groups (broad SMARTS) is 2. The van der Waals surface area contributed by atoms with E-state index in [1.807, 2.05) is 0 Å². The van der Waals surface area contributed by atoms with E-state index in [2.05, 4.69) is 52.6 Å². The fraction of sp³-hybridized carbons (Fsp3) is 0.529. The molecule has 6 nitrogen and oxygen atoms in total. The zero-order valence-electron chi connectivity index (χ0n) is 13.8. The average Bonchev–Trinajstić information content (AvgIpc) is 2.79. The molecule has 0 bridgehead atoms. The fourth-order valence-corrected chi connectivity index (χ4v) is 3.19. The Morgan fingerprint density at radius 2 is 1.71 bits per heavy atom. The second-order valence-electron chi connectivity index (χ2n) is 5.65. The van der Waals surface area contributed by atoms with Crippen molar-refractivity contribution in [3.8, 4) is 5.75 Å². The summed E-state index contributed by atoms with van der Waals surface area (Å²) in [6.07, 6.45) is 5.49. The molecule has 0 atom stereocenters. The molecule has 0 aromatic heterocycles. The molecular formula is C17H24INO5. The van der Waals surface area contributed by atoms with Gasteiger partial charge in [-0.3, -0.25) is 4.90 Å². The number of likely N-dealkylation sites (tertiary alicyclic amines) is 1. The molecule has 24 heavy (non-hydrogen) atoms. The van der Waals surface area contributed by atoms with E-state index in [9.17, 15) is 0 Å². The lowest BCUT2D eigenvalue weighted by atomic mass is 10.2. The first kappa shape index (κ1) is 20.7. The molecule has 1 aromatic carbocycles. The number of carboxylic acids is 2. The van der Waals surface area contributed by atoms with Gasteiger partial charge < -0.3 is 14.9 Å². The Kier molecular flexibility index (Phi) is 9.70. The van der Waals surface area contributed by atoms with Crippen LogP contribution in [0.2, 0.25) is 0 Å². The van der Waals surface area contributed by atoms with Crippen molar-refractivity contribution in [1.82, 2.24) is 4.90 Å². The summed E-state index contributed by atoms with van der Waals surface area (Å²) < 4.78 is 7.10. The van der Waals surface area contributed by atoms with Crippen LogP contribution in [0, 0.1) is 10.5 Å². The van der Waals surface area contributed by atoms with Gasteiger partial charge in [0.1, 0.15) is 12.4 Å². The molecule has 0 aliphatic carbocycles. The lowest BCUT2D eigenvalue weighted by Gasteiger charge is -2.20. The van der Waals surface area contributed by atoms with Crippen molar-refractivity contribution in [2.75, 3.05) is 26.2 Å². The number of aliphatic carboxylic acids is 2. The van der Waals surface area contributed by atoms with E-state index in [1.165, 1.54) is 47.9 Å². The SMILES string of the molecule is Cc1ccc(OCCN2CCCCCC2)c(I)c1.O=C(O)C(=O)O. The predicted octanol–water partition coefficient (Wildman–Crippen LogP) is 3.01. The molecule has 0 saturated carbocycles. The van der Waals surface area contributed by atoms with Gasteiger partial charge in [-0.25, -0.2) is 9.59 Å². The average molecular weight is 449 g/mol. The Hall–Kier alpha value is -1.35. The highest BCUT2D eigenvalue weighted by atomic mass is 127.